The number of hydrogen-bond acceptors (Lipinski definition) is 6. The highest BCUT2D eigenvalue weighted by Crippen LogP contribution is 2.29. The van der Waals surface area contributed by atoms with Crippen molar-refractivity contribution in [1.29, 1.82) is 0 Å². The fourth-order valence-electron chi connectivity index (χ4n) is 4.36. The first-order valence-electron chi connectivity index (χ1n) is 11.8. The van der Waals surface area contributed by atoms with Crippen LogP contribution >= 0.6 is 36.4 Å². The van der Waals surface area contributed by atoms with E-state index in [1.54, 1.807) is 12.3 Å². The molecule has 1 aliphatic heterocycles. The summed E-state index contributed by atoms with van der Waals surface area (Å²) in [6, 6.07) is 25.3. The van der Waals surface area contributed by atoms with Crippen molar-refractivity contribution >= 4 is 70.3 Å². The van der Waals surface area contributed by atoms with Crippen molar-refractivity contribution in [3.05, 3.63) is 95.6 Å². The van der Waals surface area contributed by atoms with Crippen LogP contribution in [0.3, 0.4) is 0 Å². The normalized spacial score (nSPS) is 13.4. The van der Waals surface area contributed by atoms with Crippen LogP contribution in [0.25, 0.3) is 10.9 Å². The maximum atomic E-state index is 12.9. The summed E-state index contributed by atoms with van der Waals surface area (Å²) in [6.45, 7) is 4.91. The van der Waals surface area contributed by atoms with Gasteiger partial charge in [0.15, 0.2) is 0 Å². The number of esters is 1. The molecule has 0 bridgehead atoms. The fraction of sp³-hybridized carbons (Fsp3) is 0.214. The van der Waals surface area contributed by atoms with Gasteiger partial charge in [0.2, 0.25) is 0 Å². The van der Waals surface area contributed by atoms with Gasteiger partial charge in [-0.15, -0.1) is 24.8 Å². The zero-order valence-electron chi connectivity index (χ0n) is 20.2. The second-order valence-corrected chi connectivity index (χ2v) is 8.93. The number of piperazine rings is 1. The van der Waals surface area contributed by atoms with Gasteiger partial charge < -0.3 is 15.0 Å². The second kappa shape index (κ2) is 13.5. The van der Waals surface area contributed by atoms with E-state index >= 15 is 0 Å². The quantitative estimate of drug-likeness (QED) is 0.263. The Hall–Kier alpha value is -3.03. The van der Waals surface area contributed by atoms with Gasteiger partial charge in [0.25, 0.3) is 0 Å². The molecule has 4 aromatic rings. The van der Waals surface area contributed by atoms with Gasteiger partial charge in [-0.2, -0.15) is 0 Å². The van der Waals surface area contributed by atoms with Gasteiger partial charge in [-0.3, -0.25) is 9.88 Å². The molecule has 37 heavy (non-hydrogen) atoms. The number of halogens is 3. The van der Waals surface area contributed by atoms with E-state index in [1.165, 1.54) is 5.69 Å². The predicted octanol–water partition coefficient (Wildman–Crippen LogP) is 6.45. The zero-order chi connectivity index (χ0) is 24.0. The number of carbonyl (C=O) groups is 1. The van der Waals surface area contributed by atoms with Crippen LogP contribution in [-0.2, 0) is 4.74 Å². The Kier molecular flexibility index (Phi) is 10.4. The number of hydrogen-bond donors (Lipinski definition) is 1. The minimum absolute atomic E-state index is 0. The number of carbonyl (C=O) groups excluding carboxylic acids is 1. The van der Waals surface area contributed by atoms with Gasteiger partial charge in [-0.05, 0) is 48.5 Å². The third-order valence-corrected chi connectivity index (χ3v) is 6.49. The number of rotatable bonds is 7. The van der Waals surface area contributed by atoms with Gasteiger partial charge in [0, 0.05) is 60.7 Å². The molecule has 1 aromatic heterocycles. The summed E-state index contributed by atoms with van der Waals surface area (Å²) in [5, 5.41) is 4.93. The molecule has 9 heteroatoms. The van der Waals surface area contributed by atoms with Crippen LogP contribution < -0.4 is 10.2 Å². The fourth-order valence-corrected chi connectivity index (χ4v) is 4.53. The zero-order valence-corrected chi connectivity index (χ0v) is 22.6. The van der Waals surface area contributed by atoms with Crippen LogP contribution in [0.15, 0.2) is 85.1 Å². The third kappa shape index (κ3) is 7.05. The van der Waals surface area contributed by atoms with E-state index in [0.717, 1.165) is 49.3 Å². The van der Waals surface area contributed by atoms with Gasteiger partial charge >= 0.3 is 5.97 Å². The first-order chi connectivity index (χ1) is 17.2. The summed E-state index contributed by atoms with van der Waals surface area (Å²) in [5.74, 6) is -0.336. The molecule has 0 aliphatic carbocycles. The lowest BCUT2D eigenvalue weighted by Crippen LogP contribution is -2.47. The van der Waals surface area contributed by atoms with E-state index in [1.807, 2.05) is 48.5 Å². The Morgan fingerprint density at radius 2 is 1.62 bits per heavy atom. The van der Waals surface area contributed by atoms with Crippen LogP contribution in [0.4, 0.5) is 17.1 Å². The molecule has 0 saturated carbocycles. The summed E-state index contributed by atoms with van der Waals surface area (Å²) in [6.07, 6.45) is 1.72. The van der Waals surface area contributed by atoms with Crippen molar-refractivity contribution < 1.29 is 9.53 Å². The monoisotopic (exact) mass is 558 g/mol. The largest absolute Gasteiger partial charge is 0.461 e. The molecular formula is C28H29Cl3N4O2. The highest BCUT2D eigenvalue weighted by atomic mass is 35.5. The molecule has 1 N–H and O–H groups in total. The van der Waals surface area contributed by atoms with Crippen molar-refractivity contribution in [1.82, 2.24) is 9.88 Å². The molecule has 2 heterocycles. The molecule has 0 spiro atoms. The van der Waals surface area contributed by atoms with Crippen molar-refractivity contribution in [2.24, 2.45) is 0 Å². The standard InChI is InChI=1S/C28H27ClN4O2.2ClH/c29-21-10-11-23-26(12-13-30-27(23)20-21)31-25-9-5-4-8-24(25)28(34)35-19-18-32-14-16-33(17-15-32)22-6-2-1-3-7-22;;/h1-13,20H,14-19H2,(H,30,31);2*1H. The number of aromatic nitrogens is 1. The number of nitrogens with one attached hydrogen (secondary N) is 1. The predicted molar refractivity (Wildman–Crippen MR) is 156 cm³/mol. The van der Waals surface area contributed by atoms with E-state index in [4.69, 9.17) is 16.3 Å². The molecule has 3 aromatic carbocycles. The maximum absolute atomic E-state index is 12.9. The van der Waals surface area contributed by atoms with Crippen molar-refractivity contribution in [2.45, 2.75) is 0 Å². The summed E-state index contributed by atoms with van der Waals surface area (Å²) in [4.78, 5) is 22.0. The van der Waals surface area contributed by atoms with Gasteiger partial charge in [0.1, 0.15) is 6.61 Å². The lowest BCUT2D eigenvalue weighted by atomic mass is 10.1. The highest BCUT2D eigenvalue weighted by molar-refractivity contribution is 6.31. The van der Waals surface area contributed by atoms with Gasteiger partial charge in [-0.25, -0.2) is 4.79 Å². The smallest absolute Gasteiger partial charge is 0.340 e. The molecule has 1 aliphatic rings. The molecule has 0 amide bonds. The van der Waals surface area contributed by atoms with E-state index in [0.29, 0.717) is 22.9 Å². The second-order valence-electron chi connectivity index (χ2n) is 8.49. The average Bonchev–Trinajstić information content (AvgIpc) is 2.90. The number of benzene rings is 3. The highest BCUT2D eigenvalue weighted by Gasteiger charge is 2.18. The number of pyridine rings is 1. The molecule has 0 unspecified atom stereocenters. The Labute approximate surface area is 234 Å². The lowest BCUT2D eigenvalue weighted by Gasteiger charge is -2.35. The van der Waals surface area contributed by atoms with Crippen LogP contribution in [-0.4, -0.2) is 55.2 Å². The van der Waals surface area contributed by atoms with Gasteiger partial charge in [-0.1, -0.05) is 41.9 Å². The van der Waals surface area contributed by atoms with E-state index in [-0.39, 0.29) is 30.8 Å². The van der Waals surface area contributed by atoms with Gasteiger partial charge in [0.05, 0.1) is 16.8 Å². The SMILES string of the molecule is Cl.Cl.O=C(OCCN1CCN(c2ccccc2)CC1)c1ccccc1Nc1ccnc2cc(Cl)ccc12. The molecule has 1 saturated heterocycles. The Morgan fingerprint density at radius 1 is 0.892 bits per heavy atom. The summed E-state index contributed by atoms with van der Waals surface area (Å²) in [5.41, 5.74) is 4.09. The first kappa shape index (κ1) is 28.5. The van der Waals surface area contributed by atoms with Crippen LogP contribution in [0.1, 0.15) is 10.4 Å². The van der Waals surface area contributed by atoms with Crippen LogP contribution in [0.2, 0.25) is 5.02 Å². The molecule has 0 atom stereocenters. The van der Waals surface area contributed by atoms with E-state index in [9.17, 15) is 4.79 Å². The molecule has 6 nitrogen and oxygen atoms in total. The van der Waals surface area contributed by atoms with E-state index in [2.05, 4.69) is 44.4 Å². The minimum Gasteiger partial charge on any atom is -0.461 e. The number of ether oxygens (including phenoxy) is 1. The number of nitrogens with zero attached hydrogens (tertiary/aromatic N) is 3. The lowest BCUT2D eigenvalue weighted by molar-refractivity contribution is 0.0460. The summed E-state index contributed by atoms with van der Waals surface area (Å²) < 4.78 is 5.66. The van der Waals surface area contributed by atoms with Crippen molar-refractivity contribution in [3.63, 3.8) is 0 Å². The summed E-state index contributed by atoms with van der Waals surface area (Å²) in [7, 11) is 0. The molecular weight excluding hydrogens is 531 g/mol. The Morgan fingerprint density at radius 3 is 2.41 bits per heavy atom. The average molecular weight is 560 g/mol. The summed E-state index contributed by atoms with van der Waals surface area (Å²) >= 11 is 6.11. The number of para-hydroxylation sites is 2. The molecule has 1 fully saturated rings. The van der Waals surface area contributed by atoms with Crippen molar-refractivity contribution in [3.8, 4) is 0 Å². The van der Waals surface area contributed by atoms with E-state index < -0.39 is 0 Å². The van der Waals surface area contributed by atoms with Crippen LogP contribution in [0.5, 0.6) is 0 Å². The number of anilines is 3. The first-order valence-corrected chi connectivity index (χ1v) is 12.1. The third-order valence-electron chi connectivity index (χ3n) is 6.26. The molecule has 0 radical (unpaired) electrons. The van der Waals surface area contributed by atoms with Crippen LogP contribution in [0, 0.1) is 0 Å². The molecule has 5 rings (SSSR count). The van der Waals surface area contributed by atoms with Crippen molar-refractivity contribution in [2.75, 3.05) is 49.5 Å². The Balaban J connectivity index is 0.00000190. The number of fused-ring (bicyclic) bond motifs is 1. The Bertz CT molecular complexity index is 1320. The topological polar surface area (TPSA) is 57.7 Å². The molecule has 194 valence electrons. The maximum Gasteiger partial charge on any atom is 0.340 e. The minimum atomic E-state index is -0.336.